The van der Waals surface area contributed by atoms with Crippen LogP contribution in [0.1, 0.15) is 78.6 Å². The molecule has 1 heteroatoms. The highest BCUT2D eigenvalue weighted by molar-refractivity contribution is 4.95. The predicted octanol–water partition coefficient (Wildman–Crippen LogP) is 4.52. The number of nitrogens with one attached hydrogen (secondary N) is 1. The van der Waals surface area contributed by atoms with Crippen LogP contribution in [-0.2, 0) is 0 Å². The van der Waals surface area contributed by atoms with E-state index in [0.717, 1.165) is 5.92 Å². The molecule has 1 heterocycles. The summed E-state index contributed by atoms with van der Waals surface area (Å²) < 4.78 is 0. The summed E-state index contributed by atoms with van der Waals surface area (Å²) in [5, 5.41) is 3.77. The minimum absolute atomic E-state index is 0.491. The Balaban J connectivity index is 2.14. The Morgan fingerprint density at radius 1 is 1.06 bits per heavy atom. The van der Waals surface area contributed by atoms with E-state index >= 15 is 0 Å². The second-order valence-corrected chi connectivity index (χ2v) is 5.86. The van der Waals surface area contributed by atoms with E-state index in [1.165, 1.54) is 64.3 Å². The molecule has 1 fully saturated rings. The minimum Gasteiger partial charge on any atom is -0.311 e. The van der Waals surface area contributed by atoms with Gasteiger partial charge in [-0.1, -0.05) is 59.3 Å². The van der Waals surface area contributed by atoms with Crippen LogP contribution in [0.4, 0.5) is 0 Å². The molecule has 1 aliphatic rings. The van der Waals surface area contributed by atoms with Crippen LogP contribution in [0.3, 0.4) is 0 Å². The van der Waals surface area contributed by atoms with Gasteiger partial charge in [-0.25, -0.2) is 0 Å². The maximum Gasteiger partial charge on any atom is 0.0204 e. The second kappa shape index (κ2) is 7.32. The molecular weight excluding hydrogens is 194 g/mol. The van der Waals surface area contributed by atoms with Gasteiger partial charge in [0.15, 0.2) is 0 Å². The van der Waals surface area contributed by atoms with Crippen LogP contribution in [0.2, 0.25) is 0 Å². The van der Waals surface area contributed by atoms with E-state index in [2.05, 4.69) is 26.1 Å². The monoisotopic (exact) mass is 225 g/mol. The molecular formula is C15H31N. The average molecular weight is 225 g/mol. The first-order chi connectivity index (χ1) is 7.71. The van der Waals surface area contributed by atoms with Gasteiger partial charge in [-0.05, 0) is 31.7 Å². The molecule has 0 amide bonds. The topological polar surface area (TPSA) is 12.0 Å². The third-order valence-electron chi connectivity index (χ3n) is 4.36. The highest BCUT2D eigenvalue weighted by atomic mass is 15.0. The van der Waals surface area contributed by atoms with E-state index < -0.39 is 0 Å². The first-order valence-corrected chi connectivity index (χ1v) is 7.46. The molecule has 16 heavy (non-hydrogen) atoms. The zero-order chi connectivity index (χ0) is 11.9. The SMILES string of the molecule is CCCCCCCCC1(C(C)C)CCCN1. The molecule has 1 aliphatic heterocycles. The van der Waals surface area contributed by atoms with E-state index in [1.54, 1.807) is 0 Å². The lowest BCUT2D eigenvalue weighted by Gasteiger charge is -2.34. The molecule has 0 spiro atoms. The fraction of sp³-hybridized carbons (Fsp3) is 1.00. The average Bonchev–Trinajstić information content (AvgIpc) is 2.73. The maximum atomic E-state index is 3.77. The molecule has 0 saturated carbocycles. The summed E-state index contributed by atoms with van der Waals surface area (Å²) in [7, 11) is 0. The molecule has 0 radical (unpaired) electrons. The van der Waals surface area contributed by atoms with E-state index in [0.29, 0.717) is 5.54 Å². The van der Waals surface area contributed by atoms with Crippen molar-refractivity contribution < 1.29 is 0 Å². The number of hydrogen-bond acceptors (Lipinski definition) is 1. The van der Waals surface area contributed by atoms with Crippen LogP contribution in [-0.4, -0.2) is 12.1 Å². The van der Waals surface area contributed by atoms with Gasteiger partial charge in [-0.15, -0.1) is 0 Å². The van der Waals surface area contributed by atoms with Crippen molar-refractivity contribution in [2.45, 2.75) is 84.1 Å². The Kier molecular flexibility index (Phi) is 6.41. The number of rotatable bonds is 8. The van der Waals surface area contributed by atoms with E-state index in [-0.39, 0.29) is 0 Å². The lowest BCUT2D eigenvalue weighted by molar-refractivity contribution is 0.243. The lowest BCUT2D eigenvalue weighted by atomic mass is 9.80. The molecule has 1 N–H and O–H groups in total. The van der Waals surface area contributed by atoms with Crippen LogP contribution >= 0.6 is 0 Å². The predicted molar refractivity (Wildman–Crippen MR) is 72.8 cm³/mol. The second-order valence-electron chi connectivity index (χ2n) is 5.86. The molecule has 1 nitrogen and oxygen atoms in total. The lowest BCUT2D eigenvalue weighted by Crippen LogP contribution is -2.44. The highest BCUT2D eigenvalue weighted by Crippen LogP contribution is 2.32. The van der Waals surface area contributed by atoms with Gasteiger partial charge in [0.1, 0.15) is 0 Å². The first kappa shape index (κ1) is 14.0. The number of unbranched alkanes of at least 4 members (excludes halogenated alkanes) is 5. The third kappa shape index (κ3) is 4.08. The molecule has 96 valence electrons. The standard InChI is InChI=1S/C15H31N/c1-4-5-6-7-8-9-11-15(14(2)3)12-10-13-16-15/h14,16H,4-13H2,1-3H3. The van der Waals surface area contributed by atoms with Gasteiger partial charge in [0.2, 0.25) is 0 Å². The van der Waals surface area contributed by atoms with Crippen LogP contribution in [0.5, 0.6) is 0 Å². The summed E-state index contributed by atoms with van der Waals surface area (Å²) in [6.45, 7) is 8.30. The largest absolute Gasteiger partial charge is 0.311 e. The molecule has 1 rings (SSSR count). The minimum atomic E-state index is 0.491. The van der Waals surface area contributed by atoms with Gasteiger partial charge in [0.25, 0.3) is 0 Å². The van der Waals surface area contributed by atoms with Crippen molar-refractivity contribution in [2.75, 3.05) is 6.54 Å². The molecule has 0 aromatic rings. The third-order valence-corrected chi connectivity index (χ3v) is 4.36. The van der Waals surface area contributed by atoms with Crippen molar-refractivity contribution in [2.24, 2.45) is 5.92 Å². The van der Waals surface area contributed by atoms with Crippen molar-refractivity contribution in [3.63, 3.8) is 0 Å². The van der Waals surface area contributed by atoms with Gasteiger partial charge in [-0.2, -0.15) is 0 Å². The zero-order valence-corrected chi connectivity index (χ0v) is 11.6. The van der Waals surface area contributed by atoms with Crippen LogP contribution in [0, 0.1) is 5.92 Å². The maximum absolute atomic E-state index is 3.77. The smallest absolute Gasteiger partial charge is 0.0204 e. The summed E-state index contributed by atoms with van der Waals surface area (Å²) >= 11 is 0. The fourth-order valence-corrected chi connectivity index (χ4v) is 3.05. The molecule has 0 aromatic carbocycles. The van der Waals surface area contributed by atoms with Gasteiger partial charge < -0.3 is 5.32 Å². The van der Waals surface area contributed by atoms with Crippen LogP contribution in [0.25, 0.3) is 0 Å². The molecule has 0 aromatic heterocycles. The Bertz CT molecular complexity index is 168. The van der Waals surface area contributed by atoms with Crippen molar-refractivity contribution >= 4 is 0 Å². The van der Waals surface area contributed by atoms with Crippen LogP contribution in [0.15, 0.2) is 0 Å². The molecule has 1 atom stereocenters. The van der Waals surface area contributed by atoms with Crippen LogP contribution < -0.4 is 5.32 Å². The zero-order valence-electron chi connectivity index (χ0n) is 11.6. The Hall–Kier alpha value is -0.0400. The summed E-state index contributed by atoms with van der Waals surface area (Å²) in [4.78, 5) is 0. The van der Waals surface area contributed by atoms with E-state index in [1.807, 2.05) is 0 Å². The summed E-state index contributed by atoms with van der Waals surface area (Å²) in [5.41, 5.74) is 0.491. The normalized spacial score (nSPS) is 25.5. The molecule has 1 saturated heterocycles. The van der Waals surface area contributed by atoms with Crippen molar-refractivity contribution in [1.29, 1.82) is 0 Å². The van der Waals surface area contributed by atoms with Crippen molar-refractivity contribution in [1.82, 2.24) is 5.32 Å². The fourth-order valence-electron chi connectivity index (χ4n) is 3.05. The summed E-state index contributed by atoms with van der Waals surface area (Å²) in [5.74, 6) is 0.797. The van der Waals surface area contributed by atoms with Gasteiger partial charge in [-0.3, -0.25) is 0 Å². The summed E-state index contributed by atoms with van der Waals surface area (Å²) in [6.07, 6.45) is 12.7. The summed E-state index contributed by atoms with van der Waals surface area (Å²) in [6, 6.07) is 0. The molecule has 0 bridgehead atoms. The number of hydrogen-bond donors (Lipinski definition) is 1. The first-order valence-electron chi connectivity index (χ1n) is 7.46. The molecule has 0 aliphatic carbocycles. The Morgan fingerprint density at radius 2 is 1.75 bits per heavy atom. The van der Waals surface area contributed by atoms with Crippen molar-refractivity contribution in [3.8, 4) is 0 Å². The quantitative estimate of drug-likeness (QED) is 0.599. The Morgan fingerprint density at radius 3 is 2.31 bits per heavy atom. The highest BCUT2D eigenvalue weighted by Gasteiger charge is 2.35. The van der Waals surface area contributed by atoms with E-state index in [4.69, 9.17) is 0 Å². The van der Waals surface area contributed by atoms with Crippen molar-refractivity contribution in [3.05, 3.63) is 0 Å². The van der Waals surface area contributed by atoms with Gasteiger partial charge in [0.05, 0.1) is 0 Å². The molecule has 1 unspecified atom stereocenters. The Labute approximate surface area is 102 Å². The van der Waals surface area contributed by atoms with E-state index in [9.17, 15) is 0 Å². The van der Waals surface area contributed by atoms with Gasteiger partial charge in [0, 0.05) is 5.54 Å². The van der Waals surface area contributed by atoms with Gasteiger partial charge >= 0.3 is 0 Å².